The van der Waals surface area contributed by atoms with E-state index >= 15 is 0 Å². The lowest BCUT2D eigenvalue weighted by Gasteiger charge is -2.39. The largest absolute Gasteiger partial charge is 0.330 e. The summed E-state index contributed by atoms with van der Waals surface area (Å²) in [6.07, 6.45) is 4.70. The molecular formula is C25H34N4O4. The Bertz CT molecular complexity index is 962. The Hall–Kier alpha value is -2.58. The van der Waals surface area contributed by atoms with Crippen LogP contribution in [0.1, 0.15) is 78.7 Å². The van der Waals surface area contributed by atoms with E-state index < -0.39 is 23.8 Å². The number of fused-ring (bicyclic) bond motifs is 1. The number of rotatable bonds is 7. The van der Waals surface area contributed by atoms with Gasteiger partial charge >= 0.3 is 0 Å². The van der Waals surface area contributed by atoms with Crippen LogP contribution in [0.4, 0.5) is 0 Å². The molecule has 8 heteroatoms. The maximum absolute atomic E-state index is 13.1. The lowest BCUT2D eigenvalue weighted by atomic mass is 9.78. The molecule has 1 saturated heterocycles. The van der Waals surface area contributed by atoms with E-state index in [0.717, 1.165) is 42.2 Å². The first kappa shape index (κ1) is 23.6. The van der Waals surface area contributed by atoms with Gasteiger partial charge in [-0.15, -0.1) is 0 Å². The van der Waals surface area contributed by atoms with Crippen LogP contribution in [0.25, 0.3) is 0 Å². The van der Waals surface area contributed by atoms with Crippen LogP contribution in [0.15, 0.2) is 18.2 Å². The van der Waals surface area contributed by atoms with Gasteiger partial charge in [0.2, 0.25) is 11.8 Å². The van der Waals surface area contributed by atoms with E-state index in [1.807, 2.05) is 6.07 Å². The molecule has 3 aliphatic rings. The number of nitrogens with two attached hydrogens (primary N) is 1. The Kier molecular flexibility index (Phi) is 6.95. The summed E-state index contributed by atoms with van der Waals surface area (Å²) in [7, 11) is 0. The number of imide groups is 2. The Balaban J connectivity index is 1.53. The lowest BCUT2D eigenvalue weighted by Crippen LogP contribution is -2.54. The van der Waals surface area contributed by atoms with Gasteiger partial charge in [0.25, 0.3) is 11.8 Å². The number of amides is 4. The molecule has 2 aliphatic heterocycles. The minimum atomic E-state index is -0.940. The average molecular weight is 455 g/mol. The second-order valence-electron chi connectivity index (χ2n) is 9.86. The molecule has 8 nitrogen and oxygen atoms in total. The highest BCUT2D eigenvalue weighted by Crippen LogP contribution is 2.34. The molecular weight excluding hydrogens is 420 g/mol. The number of nitrogens with zero attached hydrogens (tertiary/aromatic N) is 2. The summed E-state index contributed by atoms with van der Waals surface area (Å²) < 4.78 is 0. The summed E-state index contributed by atoms with van der Waals surface area (Å²) >= 11 is 0. The molecule has 4 atom stereocenters. The van der Waals surface area contributed by atoms with E-state index in [1.54, 1.807) is 12.1 Å². The highest BCUT2D eigenvalue weighted by Gasteiger charge is 2.44. The maximum atomic E-state index is 13.1. The SMILES string of the molecule is CC1CCC(N(CCCN)Cc2ccc3c(c2)C(=O)N(C2CCC(=O)NC2=O)C3=O)CC1C. The number of hydrogen-bond acceptors (Lipinski definition) is 6. The van der Waals surface area contributed by atoms with Crippen molar-refractivity contribution in [2.45, 2.75) is 71.0 Å². The second kappa shape index (κ2) is 9.73. The molecule has 33 heavy (non-hydrogen) atoms. The third-order valence-electron chi connectivity index (χ3n) is 7.63. The van der Waals surface area contributed by atoms with Crippen molar-refractivity contribution >= 4 is 23.6 Å². The standard InChI is InChI=1S/C25H34N4O4/c1-15-4-6-18(12-16(15)2)28(11-3-10-26)14-17-5-7-19-20(13-17)25(33)29(24(19)32)21-8-9-22(30)27-23(21)31/h5,7,13,15-16,18,21H,3-4,6,8-12,14,26H2,1-2H3,(H,27,30,31). The van der Waals surface area contributed by atoms with E-state index in [0.29, 0.717) is 36.2 Å². The monoisotopic (exact) mass is 454 g/mol. The highest BCUT2D eigenvalue weighted by molar-refractivity contribution is 6.23. The van der Waals surface area contributed by atoms with Crippen LogP contribution >= 0.6 is 0 Å². The van der Waals surface area contributed by atoms with Crippen molar-refractivity contribution in [3.8, 4) is 0 Å². The van der Waals surface area contributed by atoms with E-state index in [9.17, 15) is 19.2 Å². The van der Waals surface area contributed by atoms with Crippen molar-refractivity contribution in [1.29, 1.82) is 0 Å². The fourth-order valence-electron chi connectivity index (χ4n) is 5.39. The van der Waals surface area contributed by atoms with Gasteiger partial charge in [-0.1, -0.05) is 19.9 Å². The van der Waals surface area contributed by atoms with Gasteiger partial charge in [0.1, 0.15) is 6.04 Å². The molecule has 0 bridgehead atoms. The zero-order valence-electron chi connectivity index (χ0n) is 19.5. The molecule has 178 valence electrons. The van der Waals surface area contributed by atoms with Crippen LogP contribution in [-0.2, 0) is 16.1 Å². The first-order valence-electron chi connectivity index (χ1n) is 12.1. The van der Waals surface area contributed by atoms with Gasteiger partial charge in [0.05, 0.1) is 11.1 Å². The fraction of sp³-hybridized carbons (Fsp3) is 0.600. The molecule has 4 rings (SSSR count). The minimum Gasteiger partial charge on any atom is -0.330 e. The Morgan fingerprint density at radius 3 is 2.48 bits per heavy atom. The van der Waals surface area contributed by atoms with Crippen molar-refractivity contribution in [2.75, 3.05) is 13.1 Å². The quantitative estimate of drug-likeness (QED) is 0.610. The van der Waals surface area contributed by atoms with Crippen molar-refractivity contribution in [1.82, 2.24) is 15.1 Å². The summed E-state index contributed by atoms with van der Waals surface area (Å²) in [5.41, 5.74) is 7.43. The van der Waals surface area contributed by atoms with Gasteiger partial charge in [-0.2, -0.15) is 0 Å². The van der Waals surface area contributed by atoms with E-state index in [1.165, 1.54) is 6.42 Å². The van der Waals surface area contributed by atoms with Crippen molar-refractivity contribution < 1.29 is 19.2 Å². The van der Waals surface area contributed by atoms with E-state index in [2.05, 4.69) is 24.1 Å². The summed E-state index contributed by atoms with van der Waals surface area (Å²) in [5, 5.41) is 2.23. The molecule has 2 heterocycles. The van der Waals surface area contributed by atoms with Crippen molar-refractivity contribution in [2.24, 2.45) is 17.6 Å². The minimum absolute atomic E-state index is 0.115. The molecule has 1 saturated carbocycles. The van der Waals surface area contributed by atoms with Crippen molar-refractivity contribution in [3.05, 3.63) is 34.9 Å². The lowest BCUT2D eigenvalue weighted by molar-refractivity contribution is -0.136. The number of carbonyl (C=O) groups is 4. The number of nitrogens with one attached hydrogen (secondary N) is 1. The smallest absolute Gasteiger partial charge is 0.262 e. The summed E-state index contributed by atoms with van der Waals surface area (Å²) in [6.45, 7) is 6.87. The predicted molar refractivity (Wildman–Crippen MR) is 123 cm³/mol. The summed E-state index contributed by atoms with van der Waals surface area (Å²) in [5.74, 6) is -0.482. The van der Waals surface area contributed by atoms with Crippen LogP contribution in [0.5, 0.6) is 0 Å². The summed E-state index contributed by atoms with van der Waals surface area (Å²) in [4.78, 5) is 53.3. The van der Waals surface area contributed by atoms with Crippen LogP contribution in [0.3, 0.4) is 0 Å². The molecule has 4 amide bonds. The third-order valence-corrected chi connectivity index (χ3v) is 7.63. The first-order chi connectivity index (χ1) is 15.8. The molecule has 0 radical (unpaired) electrons. The van der Waals surface area contributed by atoms with E-state index in [-0.39, 0.29) is 18.7 Å². The summed E-state index contributed by atoms with van der Waals surface area (Å²) in [6, 6.07) is 4.94. The topological polar surface area (TPSA) is 113 Å². The molecule has 1 aromatic carbocycles. The molecule has 4 unspecified atom stereocenters. The number of carbonyl (C=O) groups excluding carboxylic acids is 4. The molecule has 0 spiro atoms. The van der Waals surface area contributed by atoms with Gasteiger partial charge in [-0.05, 0) is 74.7 Å². The highest BCUT2D eigenvalue weighted by atomic mass is 16.2. The first-order valence-corrected chi connectivity index (χ1v) is 12.1. The van der Waals surface area contributed by atoms with Gasteiger partial charge in [-0.3, -0.25) is 34.3 Å². The zero-order chi connectivity index (χ0) is 23.7. The molecule has 3 N–H and O–H groups in total. The van der Waals surface area contributed by atoms with Crippen LogP contribution in [0, 0.1) is 11.8 Å². The molecule has 1 aromatic rings. The Morgan fingerprint density at radius 2 is 1.79 bits per heavy atom. The normalized spacial score (nSPS) is 27.8. The van der Waals surface area contributed by atoms with Gasteiger partial charge in [0.15, 0.2) is 0 Å². The van der Waals surface area contributed by atoms with Crippen LogP contribution in [0.2, 0.25) is 0 Å². The van der Waals surface area contributed by atoms with Crippen molar-refractivity contribution in [3.63, 3.8) is 0 Å². The van der Waals surface area contributed by atoms with Crippen LogP contribution in [-0.4, -0.2) is 58.6 Å². The van der Waals surface area contributed by atoms with Gasteiger partial charge < -0.3 is 5.73 Å². The third kappa shape index (κ3) is 4.73. The van der Waals surface area contributed by atoms with Gasteiger partial charge in [0, 0.05) is 19.0 Å². The molecule has 0 aromatic heterocycles. The molecule has 1 aliphatic carbocycles. The maximum Gasteiger partial charge on any atom is 0.262 e. The number of piperidine rings is 1. The fourth-order valence-corrected chi connectivity index (χ4v) is 5.39. The second-order valence-corrected chi connectivity index (χ2v) is 9.86. The number of benzene rings is 1. The Labute approximate surface area is 194 Å². The predicted octanol–water partition coefficient (Wildman–Crippen LogP) is 2.06. The molecule has 2 fully saturated rings. The zero-order valence-corrected chi connectivity index (χ0v) is 19.5. The van der Waals surface area contributed by atoms with Crippen LogP contribution < -0.4 is 11.1 Å². The Morgan fingerprint density at radius 1 is 1.03 bits per heavy atom. The van der Waals surface area contributed by atoms with Gasteiger partial charge in [-0.25, -0.2) is 0 Å². The van der Waals surface area contributed by atoms with E-state index in [4.69, 9.17) is 5.73 Å². The number of hydrogen-bond donors (Lipinski definition) is 2. The average Bonchev–Trinajstić information content (AvgIpc) is 3.03.